The van der Waals surface area contributed by atoms with Gasteiger partial charge < -0.3 is 30.2 Å². The second-order valence-corrected chi connectivity index (χ2v) is 6.70. The number of nitrogens with zero attached hydrogens (tertiary/aromatic N) is 1. The molecule has 2 rings (SSSR count). The van der Waals surface area contributed by atoms with Crippen molar-refractivity contribution in [2.45, 2.75) is 25.0 Å². The Kier molecular flexibility index (Phi) is 4.98. The lowest BCUT2D eigenvalue weighted by molar-refractivity contribution is -0.140. The third-order valence-corrected chi connectivity index (χ3v) is 4.23. The van der Waals surface area contributed by atoms with E-state index in [2.05, 4.69) is 4.76 Å². The molecule has 1 aromatic rings. The highest BCUT2D eigenvalue weighted by atomic mass is 31.2. The van der Waals surface area contributed by atoms with Crippen molar-refractivity contribution in [1.29, 1.82) is 0 Å². The van der Waals surface area contributed by atoms with Crippen LogP contribution in [0, 0.1) is 0 Å². The molecule has 6 N–H and O–H groups in total. The molecule has 0 fully saturated rings. The highest BCUT2D eigenvalue weighted by molar-refractivity contribution is 7.50. The summed E-state index contributed by atoms with van der Waals surface area (Å²) in [5.74, 6) is -4.34. The van der Waals surface area contributed by atoms with E-state index < -0.39 is 30.8 Å². The molecule has 0 radical (unpaired) electrons. The molecule has 0 aliphatic heterocycles. The number of rotatable bonds is 4. The number of aliphatic hydroxyl groups is 3. The fourth-order valence-electron chi connectivity index (χ4n) is 2.51. The zero-order valence-electron chi connectivity index (χ0n) is 12.7. The molecular formula is C15H18NO7P. The Balaban J connectivity index is 2.53. The van der Waals surface area contributed by atoms with Gasteiger partial charge in [-0.25, -0.2) is 4.57 Å². The lowest BCUT2D eigenvalue weighted by Crippen LogP contribution is -2.41. The monoisotopic (exact) mass is 355 g/mol. The van der Waals surface area contributed by atoms with Crippen molar-refractivity contribution in [3.63, 3.8) is 0 Å². The standard InChI is InChI=1S/C15H18NO7P/c1-9(10-4-2-5-11(17)8-10)15(19,20)14-12(16-24(21,22)23)6-3-7-13(14)18/h2-5,7-9,17-20H,6H2,1H3,(H2,21,22,23). The quantitative estimate of drug-likeness (QED) is 0.353. The summed E-state index contributed by atoms with van der Waals surface area (Å²) in [7, 11) is -4.83. The third kappa shape index (κ3) is 3.92. The van der Waals surface area contributed by atoms with E-state index >= 15 is 0 Å². The van der Waals surface area contributed by atoms with Crippen molar-refractivity contribution in [3.05, 3.63) is 53.3 Å². The molecule has 1 aliphatic carbocycles. The van der Waals surface area contributed by atoms with Crippen molar-refractivity contribution in [3.8, 4) is 5.75 Å². The first-order chi connectivity index (χ1) is 11.0. The molecule has 0 heterocycles. The van der Waals surface area contributed by atoms with Gasteiger partial charge in [0.2, 0.25) is 5.79 Å². The molecule has 1 aromatic carbocycles. The number of hydrogen-bond donors (Lipinski definition) is 6. The Morgan fingerprint density at radius 1 is 1.25 bits per heavy atom. The van der Waals surface area contributed by atoms with Crippen LogP contribution in [0.2, 0.25) is 0 Å². The summed E-state index contributed by atoms with van der Waals surface area (Å²) in [6, 6.07) is 5.79. The van der Waals surface area contributed by atoms with Gasteiger partial charge in [-0.3, -0.25) is 0 Å². The van der Waals surface area contributed by atoms with Gasteiger partial charge in [0.25, 0.3) is 0 Å². The maximum atomic E-state index is 11.1. The second-order valence-electron chi connectivity index (χ2n) is 5.47. The number of allylic oxidation sites excluding steroid dienone is 2. The van der Waals surface area contributed by atoms with E-state index in [1.807, 2.05) is 0 Å². The van der Waals surface area contributed by atoms with Gasteiger partial charge in [-0.05, 0) is 23.8 Å². The minimum Gasteiger partial charge on any atom is -0.508 e. The molecule has 1 aliphatic rings. The third-order valence-electron chi connectivity index (χ3n) is 3.72. The van der Waals surface area contributed by atoms with Crippen LogP contribution < -0.4 is 0 Å². The minimum atomic E-state index is -4.83. The summed E-state index contributed by atoms with van der Waals surface area (Å²) in [6.07, 6.45) is 2.51. The highest BCUT2D eigenvalue weighted by Crippen LogP contribution is 2.42. The Bertz CT molecular complexity index is 776. The van der Waals surface area contributed by atoms with Crippen LogP contribution in [0.25, 0.3) is 0 Å². The van der Waals surface area contributed by atoms with Gasteiger partial charge in [-0.15, -0.1) is 0 Å². The Hall–Kier alpha value is -1.96. The molecule has 0 saturated carbocycles. The average molecular weight is 355 g/mol. The van der Waals surface area contributed by atoms with Crippen LogP contribution in [-0.4, -0.2) is 41.7 Å². The first kappa shape index (κ1) is 18.4. The average Bonchev–Trinajstić information content (AvgIpc) is 2.44. The van der Waals surface area contributed by atoms with Crippen molar-refractivity contribution in [2.24, 2.45) is 4.76 Å². The molecule has 0 spiro atoms. The molecule has 8 nitrogen and oxygen atoms in total. The van der Waals surface area contributed by atoms with Crippen LogP contribution in [0.15, 0.2) is 52.5 Å². The van der Waals surface area contributed by atoms with E-state index in [0.717, 1.165) is 0 Å². The molecule has 0 amide bonds. The van der Waals surface area contributed by atoms with E-state index in [0.29, 0.717) is 5.56 Å². The van der Waals surface area contributed by atoms with Gasteiger partial charge in [-0.1, -0.05) is 25.1 Å². The van der Waals surface area contributed by atoms with Gasteiger partial charge in [0.1, 0.15) is 11.5 Å². The lowest BCUT2D eigenvalue weighted by Gasteiger charge is -2.33. The number of phenolic OH excluding ortho intramolecular Hbond substituents is 1. The van der Waals surface area contributed by atoms with E-state index in [1.54, 1.807) is 6.07 Å². The normalized spacial score (nSPS) is 19.0. The summed E-state index contributed by atoms with van der Waals surface area (Å²) < 4.78 is 14.4. The molecule has 9 heteroatoms. The van der Waals surface area contributed by atoms with Crippen molar-refractivity contribution < 1.29 is 34.8 Å². The molecule has 0 saturated heterocycles. The largest absolute Gasteiger partial charge is 0.508 e. The predicted molar refractivity (Wildman–Crippen MR) is 86.6 cm³/mol. The first-order valence-corrected chi connectivity index (χ1v) is 8.58. The Morgan fingerprint density at radius 2 is 1.92 bits per heavy atom. The Labute approximate surface area is 138 Å². The molecule has 0 aromatic heterocycles. The zero-order valence-corrected chi connectivity index (χ0v) is 13.6. The van der Waals surface area contributed by atoms with E-state index in [9.17, 15) is 25.0 Å². The van der Waals surface area contributed by atoms with Crippen molar-refractivity contribution in [1.82, 2.24) is 0 Å². The van der Waals surface area contributed by atoms with E-state index in [4.69, 9.17) is 9.79 Å². The summed E-state index contributed by atoms with van der Waals surface area (Å²) in [5, 5.41) is 40.7. The number of hydrogen-bond acceptors (Lipinski definition) is 5. The number of phenols is 1. The van der Waals surface area contributed by atoms with Gasteiger partial charge in [0.15, 0.2) is 0 Å². The maximum absolute atomic E-state index is 11.1. The number of benzene rings is 1. The fraction of sp³-hybridized carbons (Fsp3) is 0.267. The van der Waals surface area contributed by atoms with E-state index in [1.165, 1.54) is 37.3 Å². The van der Waals surface area contributed by atoms with Crippen LogP contribution in [0.5, 0.6) is 5.75 Å². The summed E-state index contributed by atoms with van der Waals surface area (Å²) in [6.45, 7) is 1.43. The van der Waals surface area contributed by atoms with Crippen LogP contribution in [0.3, 0.4) is 0 Å². The Morgan fingerprint density at radius 3 is 2.50 bits per heavy atom. The van der Waals surface area contributed by atoms with Gasteiger partial charge in [-0.2, -0.15) is 4.76 Å². The van der Waals surface area contributed by atoms with E-state index in [-0.39, 0.29) is 17.9 Å². The molecule has 0 bridgehead atoms. The molecule has 24 heavy (non-hydrogen) atoms. The van der Waals surface area contributed by atoms with Crippen LogP contribution in [-0.2, 0) is 4.57 Å². The lowest BCUT2D eigenvalue weighted by atomic mass is 9.82. The number of aliphatic hydroxyl groups excluding tert-OH is 1. The van der Waals surface area contributed by atoms with Crippen molar-refractivity contribution >= 4 is 13.5 Å². The topological polar surface area (TPSA) is 151 Å². The maximum Gasteiger partial charge on any atom is 0.448 e. The highest BCUT2D eigenvalue weighted by Gasteiger charge is 2.42. The van der Waals surface area contributed by atoms with Gasteiger partial charge in [0.05, 0.1) is 11.3 Å². The fourth-order valence-corrected chi connectivity index (χ4v) is 3.00. The molecule has 1 atom stereocenters. The first-order valence-electron chi connectivity index (χ1n) is 7.01. The second kappa shape index (κ2) is 6.51. The van der Waals surface area contributed by atoms with Crippen LogP contribution in [0.4, 0.5) is 0 Å². The minimum absolute atomic E-state index is 0.0824. The molecule has 1 unspecified atom stereocenters. The molecular weight excluding hydrogens is 337 g/mol. The molecule has 130 valence electrons. The summed E-state index contributed by atoms with van der Waals surface area (Å²) >= 11 is 0. The van der Waals surface area contributed by atoms with Gasteiger partial charge in [0, 0.05) is 12.3 Å². The smallest absolute Gasteiger partial charge is 0.448 e. The SMILES string of the molecule is CC(c1cccc(O)c1)C(O)(O)C1=C(O)C=CCC1=NP(=O)(O)O. The predicted octanol–water partition coefficient (Wildman–Crippen LogP) is 1.48. The number of aromatic hydroxyl groups is 1. The van der Waals surface area contributed by atoms with Gasteiger partial charge >= 0.3 is 7.75 Å². The zero-order chi connectivity index (χ0) is 18.1. The summed E-state index contributed by atoms with van der Waals surface area (Å²) in [4.78, 5) is 18.1. The summed E-state index contributed by atoms with van der Waals surface area (Å²) in [5.41, 5.74) is -0.449. The van der Waals surface area contributed by atoms with Crippen LogP contribution in [0.1, 0.15) is 24.8 Å². The van der Waals surface area contributed by atoms with Crippen LogP contribution >= 0.6 is 7.75 Å². The van der Waals surface area contributed by atoms with Crippen molar-refractivity contribution in [2.75, 3.05) is 0 Å².